The van der Waals surface area contributed by atoms with Gasteiger partial charge in [-0.2, -0.15) is 0 Å². The molecule has 0 aromatic heterocycles. The van der Waals surface area contributed by atoms with Gasteiger partial charge in [0, 0.05) is 14.2 Å². The van der Waals surface area contributed by atoms with Gasteiger partial charge in [0.1, 0.15) is 6.04 Å². The number of hydrogen-bond acceptors (Lipinski definition) is 7. The summed E-state index contributed by atoms with van der Waals surface area (Å²) in [5.41, 5.74) is 1.39. The summed E-state index contributed by atoms with van der Waals surface area (Å²) >= 11 is 0. The van der Waals surface area contributed by atoms with Crippen LogP contribution in [0.1, 0.15) is 22.3 Å². The van der Waals surface area contributed by atoms with Crippen LogP contribution < -0.4 is 4.90 Å². The zero-order valence-electron chi connectivity index (χ0n) is 18.7. The molecule has 0 radical (unpaired) electrons. The molecule has 0 N–H and O–H groups in total. The maximum absolute atomic E-state index is 13.3. The van der Waals surface area contributed by atoms with E-state index in [1.807, 2.05) is 30.3 Å². The fourth-order valence-corrected chi connectivity index (χ4v) is 3.68. The SMILES string of the molecule is COC(=O)c1ccc(N2C(=O)CC(N(CC(OC)OC)C(=O)Cc3ccccc3)C2=O)cc1. The molecule has 0 spiro atoms. The van der Waals surface area contributed by atoms with E-state index in [9.17, 15) is 19.2 Å². The fourth-order valence-electron chi connectivity index (χ4n) is 3.68. The summed E-state index contributed by atoms with van der Waals surface area (Å²) in [6.45, 7) is -0.0164. The van der Waals surface area contributed by atoms with Crippen LogP contribution >= 0.6 is 0 Å². The second-order valence-corrected chi connectivity index (χ2v) is 7.44. The van der Waals surface area contributed by atoms with Gasteiger partial charge in [0.2, 0.25) is 11.8 Å². The number of nitrogens with zero attached hydrogens (tertiary/aromatic N) is 2. The van der Waals surface area contributed by atoms with Gasteiger partial charge in [0.05, 0.1) is 37.7 Å². The van der Waals surface area contributed by atoms with Crippen LogP contribution in [0.25, 0.3) is 0 Å². The predicted octanol–water partition coefficient (Wildman–Crippen LogP) is 1.80. The molecule has 1 unspecified atom stereocenters. The normalized spacial score (nSPS) is 15.8. The Balaban J connectivity index is 1.85. The van der Waals surface area contributed by atoms with Crippen LogP contribution in [0.5, 0.6) is 0 Å². The second kappa shape index (κ2) is 10.8. The Morgan fingerprint density at radius 3 is 2.21 bits per heavy atom. The van der Waals surface area contributed by atoms with Gasteiger partial charge in [0.15, 0.2) is 6.29 Å². The summed E-state index contributed by atoms with van der Waals surface area (Å²) < 4.78 is 15.2. The van der Waals surface area contributed by atoms with Crippen molar-refractivity contribution in [1.29, 1.82) is 0 Å². The third-order valence-electron chi connectivity index (χ3n) is 5.44. The van der Waals surface area contributed by atoms with Crippen molar-refractivity contribution in [3.8, 4) is 0 Å². The lowest BCUT2D eigenvalue weighted by Gasteiger charge is -2.30. The number of benzene rings is 2. The molecule has 1 saturated heterocycles. The van der Waals surface area contributed by atoms with Gasteiger partial charge in [-0.25, -0.2) is 9.69 Å². The van der Waals surface area contributed by atoms with Crippen molar-refractivity contribution < 1.29 is 33.4 Å². The van der Waals surface area contributed by atoms with E-state index >= 15 is 0 Å². The summed E-state index contributed by atoms with van der Waals surface area (Å²) in [6, 6.07) is 14.1. The number of anilines is 1. The first-order chi connectivity index (χ1) is 15.9. The van der Waals surface area contributed by atoms with Gasteiger partial charge in [-0.3, -0.25) is 14.4 Å². The van der Waals surface area contributed by atoms with Crippen molar-refractivity contribution in [3.05, 3.63) is 65.7 Å². The number of esters is 1. The third-order valence-corrected chi connectivity index (χ3v) is 5.44. The quantitative estimate of drug-likeness (QED) is 0.323. The van der Waals surface area contributed by atoms with E-state index < -0.39 is 30.1 Å². The molecule has 2 aromatic rings. The van der Waals surface area contributed by atoms with Crippen LogP contribution in [0, 0.1) is 0 Å². The first-order valence-electron chi connectivity index (χ1n) is 10.3. The second-order valence-electron chi connectivity index (χ2n) is 7.44. The van der Waals surface area contributed by atoms with Gasteiger partial charge in [-0.15, -0.1) is 0 Å². The molecule has 174 valence electrons. The molecule has 0 bridgehead atoms. The third kappa shape index (κ3) is 5.44. The van der Waals surface area contributed by atoms with Crippen LogP contribution in [-0.2, 0) is 35.0 Å². The van der Waals surface area contributed by atoms with E-state index in [2.05, 4.69) is 4.74 Å². The number of carbonyl (C=O) groups is 4. The lowest BCUT2D eigenvalue weighted by molar-refractivity contribution is -0.152. The standard InChI is InChI=1S/C24H26N2O7/c1-31-22(32-2)15-25(20(27)13-16-7-5-4-6-8-16)19-14-21(28)26(23(19)29)18-11-9-17(10-12-18)24(30)33-3/h4-12,19,22H,13-15H2,1-3H3. The molecule has 9 heteroatoms. The summed E-state index contributed by atoms with van der Waals surface area (Å²) in [5.74, 6) is -1.83. The molecule has 1 aliphatic heterocycles. The predicted molar refractivity (Wildman–Crippen MR) is 118 cm³/mol. The number of carbonyl (C=O) groups excluding carboxylic acids is 4. The molecule has 1 aliphatic rings. The number of hydrogen-bond donors (Lipinski definition) is 0. The Bertz CT molecular complexity index is 1000. The maximum atomic E-state index is 13.3. The molecule has 2 aromatic carbocycles. The van der Waals surface area contributed by atoms with Crippen molar-refractivity contribution in [2.24, 2.45) is 0 Å². The van der Waals surface area contributed by atoms with Gasteiger partial charge < -0.3 is 19.1 Å². The Hall–Kier alpha value is -3.56. The smallest absolute Gasteiger partial charge is 0.337 e. The number of methoxy groups -OCH3 is 3. The zero-order chi connectivity index (χ0) is 24.0. The molecule has 3 amide bonds. The molecular formula is C24H26N2O7. The van der Waals surface area contributed by atoms with E-state index in [4.69, 9.17) is 9.47 Å². The number of amides is 3. The first-order valence-corrected chi connectivity index (χ1v) is 10.3. The molecule has 0 aliphatic carbocycles. The van der Waals surface area contributed by atoms with Gasteiger partial charge in [0.25, 0.3) is 5.91 Å². The molecule has 0 saturated carbocycles. The Morgan fingerprint density at radius 1 is 1.00 bits per heavy atom. The van der Waals surface area contributed by atoms with Crippen LogP contribution in [0.2, 0.25) is 0 Å². The van der Waals surface area contributed by atoms with E-state index in [1.54, 1.807) is 0 Å². The van der Waals surface area contributed by atoms with Crippen LogP contribution in [0.3, 0.4) is 0 Å². The van der Waals surface area contributed by atoms with E-state index in [0.717, 1.165) is 10.5 Å². The number of imide groups is 1. The highest BCUT2D eigenvalue weighted by atomic mass is 16.7. The zero-order valence-corrected chi connectivity index (χ0v) is 18.7. The first kappa shape index (κ1) is 24.1. The molecule has 1 atom stereocenters. The van der Waals surface area contributed by atoms with Crippen LogP contribution in [-0.4, -0.2) is 68.8 Å². The summed E-state index contributed by atoms with van der Waals surface area (Å²) in [4.78, 5) is 53.3. The summed E-state index contributed by atoms with van der Waals surface area (Å²) in [5, 5.41) is 0. The summed E-state index contributed by atoms with van der Waals surface area (Å²) in [6.07, 6.45) is -0.869. The highest BCUT2D eigenvalue weighted by Gasteiger charge is 2.45. The van der Waals surface area contributed by atoms with E-state index in [1.165, 1.54) is 50.5 Å². The van der Waals surface area contributed by atoms with Crippen molar-refractivity contribution in [2.45, 2.75) is 25.2 Å². The molecule has 1 heterocycles. The van der Waals surface area contributed by atoms with Crippen molar-refractivity contribution in [2.75, 3.05) is 32.8 Å². The Kier molecular flexibility index (Phi) is 7.92. The molecule has 1 fully saturated rings. The Labute approximate surface area is 191 Å². The summed E-state index contributed by atoms with van der Waals surface area (Å²) in [7, 11) is 4.14. The Morgan fingerprint density at radius 2 is 1.64 bits per heavy atom. The molecule has 3 rings (SSSR count). The monoisotopic (exact) mass is 454 g/mol. The minimum absolute atomic E-state index is 0.0164. The maximum Gasteiger partial charge on any atom is 0.337 e. The van der Waals surface area contributed by atoms with Gasteiger partial charge >= 0.3 is 5.97 Å². The number of rotatable bonds is 9. The van der Waals surface area contributed by atoms with E-state index in [0.29, 0.717) is 11.3 Å². The average Bonchev–Trinajstić information content (AvgIpc) is 3.13. The van der Waals surface area contributed by atoms with Gasteiger partial charge in [-0.1, -0.05) is 30.3 Å². The van der Waals surface area contributed by atoms with E-state index in [-0.39, 0.29) is 25.3 Å². The minimum Gasteiger partial charge on any atom is -0.465 e. The van der Waals surface area contributed by atoms with Gasteiger partial charge in [-0.05, 0) is 29.8 Å². The van der Waals surface area contributed by atoms with Crippen LogP contribution in [0.15, 0.2) is 54.6 Å². The minimum atomic E-state index is -0.998. The van der Waals surface area contributed by atoms with Crippen LogP contribution in [0.4, 0.5) is 5.69 Å². The van der Waals surface area contributed by atoms with Crippen molar-refractivity contribution in [3.63, 3.8) is 0 Å². The van der Waals surface area contributed by atoms with Crippen molar-refractivity contribution >= 4 is 29.4 Å². The topological polar surface area (TPSA) is 102 Å². The number of ether oxygens (including phenoxy) is 3. The molecule has 33 heavy (non-hydrogen) atoms. The lowest BCUT2D eigenvalue weighted by Crippen LogP contribution is -2.49. The highest BCUT2D eigenvalue weighted by Crippen LogP contribution is 2.27. The highest BCUT2D eigenvalue weighted by molar-refractivity contribution is 6.23. The largest absolute Gasteiger partial charge is 0.465 e. The molecule has 9 nitrogen and oxygen atoms in total. The van der Waals surface area contributed by atoms with Crippen molar-refractivity contribution in [1.82, 2.24) is 4.90 Å². The molecular weight excluding hydrogens is 428 g/mol. The lowest BCUT2D eigenvalue weighted by atomic mass is 10.1. The average molecular weight is 454 g/mol. The fraction of sp³-hybridized carbons (Fsp3) is 0.333.